The Morgan fingerprint density at radius 2 is 1.69 bits per heavy atom. The first-order valence-corrected chi connectivity index (χ1v) is 8.43. The third kappa shape index (κ3) is 4.25. The summed E-state index contributed by atoms with van der Waals surface area (Å²) < 4.78 is 28.2. The number of carbonyl (C=O) groups is 2. The molecule has 0 atom stereocenters. The molecule has 138 valence electrons. The van der Waals surface area contributed by atoms with Gasteiger partial charge in [-0.2, -0.15) is 5.10 Å². The predicted octanol–water partition coefficient (Wildman–Crippen LogP) is 2.01. The molecule has 1 aliphatic rings. The molecule has 1 saturated heterocycles. The number of ketones is 1. The van der Waals surface area contributed by atoms with Crippen LogP contribution in [-0.4, -0.2) is 52.5 Å². The van der Waals surface area contributed by atoms with Gasteiger partial charge in [-0.1, -0.05) is 0 Å². The second kappa shape index (κ2) is 7.63. The highest BCUT2D eigenvalue weighted by Crippen LogP contribution is 2.20. The molecule has 1 amide bonds. The number of aryl methyl sites for hydroxylation is 1. The second-order valence-corrected chi connectivity index (χ2v) is 6.32. The van der Waals surface area contributed by atoms with Crippen LogP contribution in [0.5, 0.6) is 0 Å². The lowest BCUT2D eigenvalue weighted by Crippen LogP contribution is -2.48. The maximum atomic E-state index is 13.3. The van der Waals surface area contributed by atoms with E-state index in [2.05, 4.69) is 5.10 Å². The summed E-state index contributed by atoms with van der Waals surface area (Å²) in [6.45, 7) is 1.90. The number of hydrogen-bond acceptors (Lipinski definition) is 4. The average molecular weight is 362 g/mol. The van der Waals surface area contributed by atoms with Gasteiger partial charge in [0.25, 0.3) is 0 Å². The Morgan fingerprint density at radius 3 is 2.27 bits per heavy atom. The molecule has 3 rings (SSSR count). The number of piperazine rings is 1. The number of nitrogens with zero attached hydrogens (tertiary/aromatic N) is 4. The minimum absolute atomic E-state index is 0.0905. The van der Waals surface area contributed by atoms with E-state index in [0.717, 1.165) is 6.07 Å². The molecule has 0 spiro atoms. The van der Waals surface area contributed by atoms with Gasteiger partial charge in [0.15, 0.2) is 5.78 Å². The van der Waals surface area contributed by atoms with Crippen LogP contribution < -0.4 is 4.90 Å². The van der Waals surface area contributed by atoms with Gasteiger partial charge < -0.3 is 9.80 Å². The summed E-state index contributed by atoms with van der Waals surface area (Å²) in [4.78, 5) is 27.9. The molecule has 26 heavy (non-hydrogen) atoms. The number of hydrogen-bond donors (Lipinski definition) is 0. The molecule has 2 heterocycles. The van der Waals surface area contributed by atoms with Gasteiger partial charge in [-0.25, -0.2) is 8.78 Å². The smallest absolute Gasteiger partial charge is 0.223 e. The van der Waals surface area contributed by atoms with Crippen molar-refractivity contribution in [1.29, 1.82) is 0 Å². The summed E-state index contributed by atoms with van der Waals surface area (Å²) in [6.07, 6.45) is 3.40. The standard InChI is InChI=1S/C18H20F2N4O2/c1-22-12-13(11-21-22)17(25)2-3-18(26)24-6-4-23(5-7-24)16-9-14(19)8-15(20)10-16/h8-12H,2-7H2,1H3. The zero-order valence-electron chi connectivity index (χ0n) is 14.5. The molecule has 0 radical (unpaired) electrons. The third-order valence-electron chi connectivity index (χ3n) is 4.44. The Balaban J connectivity index is 1.49. The van der Waals surface area contributed by atoms with Crippen LogP contribution in [-0.2, 0) is 11.8 Å². The van der Waals surface area contributed by atoms with Crippen LogP contribution in [0, 0.1) is 11.6 Å². The lowest BCUT2D eigenvalue weighted by Gasteiger charge is -2.36. The van der Waals surface area contributed by atoms with E-state index in [1.54, 1.807) is 22.8 Å². The molecule has 0 bridgehead atoms. The van der Waals surface area contributed by atoms with Gasteiger partial charge in [-0.3, -0.25) is 14.3 Å². The second-order valence-electron chi connectivity index (χ2n) is 6.32. The van der Waals surface area contributed by atoms with Crippen molar-refractivity contribution < 1.29 is 18.4 Å². The van der Waals surface area contributed by atoms with Gasteiger partial charge >= 0.3 is 0 Å². The summed E-state index contributed by atoms with van der Waals surface area (Å²) in [6, 6.07) is 3.41. The minimum atomic E-state index is -0.618. The van der Waals surface area contributed by atoms with E-state index < -0.39 is 11.6 Å². The van der Waals surface area contributed by atoms with Gasteiger partial charge in [-0.05, 0) is 12.1 Å². The molecule has 0 saturated carbocycles. The van der Waals surface area contributed by atoms with Crippen molar-refractivity contribution >= 4 is 17.4 Å². The van der Waals surface area contributed by atoms with Gasteiger partial charge in [-0.15, -0.1) is 0 Å². The van der Waals surface area contributed by atoms with Gasteiger partial charge in [0.1, 0.15) is 11.6 Å². The van der Waals surface area contributed by atoms with Crippen molar-refractivity contribution in [3.63, 3.8) is 0 Å². The zero-order chi connectivity index (χ0) is 18.7. The molecule has 8 heteroatoms. The predicted molar refractivity (Wildman–Crippen MR) is 91.9 cm³/mol. The molecule has 2 aromatic rings. The summed E-state index contributed by atoms with van der Waals surface area (Å²) in [5.41, 5.74) is 0.972. The van der Waals surface area contributed by atoms with E-state index in [1.165, 1.54) is 18.3 Å². The third-order valence-corrected chi connectivity index (χ3v) is 4.44. The Morgan fingerprint density at radius 1 is 1.04 bits per heavy atom. The minimum Gasteiger partial charge on any atom is -0.368 e. The number of carbonyl (C=O) groups excluding carboxylic acids is 2. The highest BCUT2D eigenvalue weighted by Gasteiger charge is 2.22. The first kappa shape index (κ1) is 18.0. The van der Waals surface area contributed by atoms with Crippen LogP contribution in [0.1, 0.15) is 23.2 Å². The molecule has 1 aromatic carbocycles. The lowest BCUT2D eigenvalue weighted by atomic mass is 10.1. The SMILES string of the molecule is Cn1cc(C(=O)CCC(=O)N2CCN(c3cc(F)cc(F)c3)CC2)cn1. The number of amides is 1. The molecule has 1 fully saturated rings. The molecule has 1 aliphatic heterocycles. The van der Waals surface area contributed by atoms with E-state index in [-0.39, 0.29) is 24.5 Å². The molecular formula is C18H20F2N4O2. The largest absolute Gasteiger partial charge is 0.368 e. The number of Topliss-reactive ketones (excluding diaryl/α,β-unsaturated/α-hetero) is 1. The number of aromatic nitrogens is 2. The fraction of sp³-hybridized carbons (Fsp3) is 0.389. The number of rotatable bonds is 5. The van der Waals surface area contributed by atoms with Crippen molar-refractivity contribution in [2.24, 2.45) is 7.05 Å². The van der Waals surface area contributed by atoms with E-state index in [4.69, 9.17) is 0 Å². The van der Waals surface area contributed by atoms with Crippen LogP contribution in [0.25, 0.3) is 0 Å². The Bertz CT molecular complexity index is 793. The number of benzene rings is 1. The van der Waals surface area contributed by atoms with Gasteiger partial charge in [0.2, 0.25) is 5.91 Å². The Labute approximate surface area is 150 Å². The molecular weight excluding hydrogens is 342 g/mol. The molecule has 0 aliphatic carbocycles. The fourth-order valence-electron chi connectivity index (χ4n) is 3.02. The van der Waals surface area contributed by atoms with Crippen molar-refractivity contribution in [3.05, 3.63) is 47.8 Å². The summed E-state index contributed by atoms with van der Waals surface area (Å²) in [5.74, 6) is -1.44. The van der Waals surface area contributed by atoms with Crippen molar-refractivity contribution in [1.82, 2.24) is 14.7 Å². The lowest BCUT2D eigenvalue weighted by molar-refractivity contribution is -0.131. The molecule has 0 unspecified atom stereocenters. The van der Waals surface area contributed by atoms with E-state index >= 15 is 0 Å². The molecule has 1 aromatic heterocycles. The van der Waals surface area contributed by atoms with E-state index in [1.807, 2.05) is 4.90 Å². The highest BCUT2D eigenvalue weighted by molar-refractivity contribution is 5.97. The number of halogens is 2. The number of anilines is 1. The topological polar surface area (TPSA) is 58.4 Å². The van der Waals surface area contributed by atoms with Crippen LogP contribution in [0.4, 0.5) is 14.5 Å². The highest BCUT2D eigenvalue weighted by atomic mass is 19.1. The Kier molecular flexibility index (Phi) is 5.29. The van der Waals surface area contributed by atoms with Crippen LogP contribution in [0.15, 0.2) is 30.6 Å². The summed E-state index contributed by atoms with van der Waals surface area (Å²) in [5, 5.41) is 3.95. The van der Waals surface area contributed by atoms with Crippen molar-refractivity contribution in [2.45, 2.75) is 12.8 Å². The van der Waals surface area contributed by atoms with Gasteiger partial charge in [0, 0.05) is 64.0 Å². The first-order valence-electron chi connectivity index (χ1n) is 8.43. The molecule has 6 nitrogen and oxygen atoms in total. The summed E-state index contributed by atoms with van der Waals surface area (Å²) >= 11 is 0. The molecule has 0 N–H and O–H groups in total. The zero-order valence-corrected chi connectivity index (χ0v) is 14.5. The van der Waals surface area contributed by atoms with Crippen LogP contribution >= 0.6 is 0 Å². The van der Waals surface area contributed by atoms with Crippen molar-refractivity contribution in [2.75, 3.05) is 31.1 Å². The quantitative estimate of drug-likeness (QED) is 0.764. The normalized spacial score (nSPS) is 14.6. The maximum Gasteiger partial charge on any atom is 0.223 e. The summed E-state index contributed by atoms with van der Waals surface area (Å²) in [7, 11) is 1.73. The van der Waals surface area contributed by atoms with Gasteiger partial charge in [0.05, 0.1) is 11.8 Å². The average Bonchev–Trinajstić information content (AvgIpc) is 3.05. The first-order chi connectivity index (χ1) is 12.4. The monoisotopic (exact) mass is 362 g/mol. The van der Waals surface area contributed by atoms with Crippen molar-refractivity contribution in [3.8, 4) is 0 Å². The van der Waals surface area contributed by atoms with Crippen LogP contribution in [0.3, 0.4) is 0 Å². The van der Waals surface area contributed by atoms with E-state index in [9.17, 15) is 18.4 Å². The fourth-order valence-corrected chi connectivity index (χ4v) is 3.02. The Hall–Kier alpha value is -2.77. The van der Waals surface area contributed by atoms with E-state index in [0.29, 0.717) is 37.4 Å². The van der Waals surface area contributed by atoms with Crippen LogP contribution in [0.2, 0.25) is 0 Å². The maximum absolute atomic E-state index is 13.3.